The maximum atomic E-state index is 13.2. The molecule has 0 atom stereocenters. The third-order valence-electron chi connectivity index (χ3n) is 4.76. The minimum absolute atomic E-state index is 0.145. The molecule has 1 aromatic heterocycles. The van der Waals surface area contributed by atoms with Gasteiger partial charge in [-0.1, -0.05) is 65.4 Å². The Hall–Kier alpha value is -2.74. The first-order chi connectivity index (χ1) is 14.9. The van der Waals surface area contributed by atoms with Crippen LogP contribution in [-0.4, -0.2) is 25.1 Å². The van der Waals surface area contributed by atoms with Gasteiger partial charge < -0.3 is 0 Å². The third-order valence-corrected chi connectivity index (χ3v) is 7.80. The zero-order valence-electron chi connectivity index (χ0n) is 16.4. The molecule has 0 saturated heterocycles. The molecule has 0 N–H and O–H groups in total. The fourth-order valence-electron chi connectivity index (χ4n) is 3.12. The van der Waals surface area contributed by atoms with Crippen molar-refractivity contribution in [2.45, 2.75) is 17.9 Å². The Labute approximate surface area is 189 Å². The second-order valence-electron chi connectivity index (χ2n) is 6.95. The van der Waals surface area contributed by atoms with Gasteiger partial charge in [0.25, 0.3) is 0 Å². The molecule has 1 heterocycles. The van der Waals surface area contributed by atoms with Crippen LogP contribution in [0.3, 0.4) is 0 Å². The number of halogens is 1. The Bertz CT molecular complexity index is 1270. The summed E-state index contributed by atoms with van der Waals surface area (Å²) >= 11 is 7.26. The van der Waals surface area contributed by atoms with E-state index < -0.39 is 9.84 Å². The lowest BCUT2D eigenvalue weighted by molar-refractivity contribution is -0.118. The summed E-state index contributed by atoms with van der Waals surface area (Å²) in [5.74, 6) is -0.579. The van der Waals surface area contributed by atoms with Gasteiger partial charge >= 0.3 is 0 Å². The molecule has 0 spiro atoms. The Morgan fingerprint density at radius 2 is 1.61 bits per heavy atom. The van der Waals surface area contributed by atoms with E-state index in [9.17, 15) is 13.2 Å². The van der Waals surface area contributed by atoms with Gasteiger partial charge in [-0.3, -0.25) is 9.69 Å². The van der Waals surface area contributed by atoms with E-state index in [1.807, 2.05) is 54.6 Å². The lowest BCUT2D eigenvalue weighted by atomic mass is 10.2. The van der Waals surface area contributed by atoms with Gasteiger partial charge in [-0.05, 0) is 42.0 Å². The van der Waals surface area contributed by atoms with Crippen LogP contribution >= 0.6 is 22.9 Å². The van der Waals surface area contributed by atoms with Crippen LogP contribution in [0.15, 0.2) is 83.8 Å². The van der Waals surface area contributed by atoms with Crippen LogP contribution in [0.25, 0.3) is 10.2 Å². The molecule has 0 fully saturated rings. The molecule has 31 heavy (non-hydrogen) atoms. The molecule has 1 amide bonds. The number of rotatable bonds is 7. The van der Waals surface area contributed by atoms with Crippen LogP contribution in [0.1, 0.15) is 12.0 Å². The van der Waals surface area contributed by atoms with E-state index in [1.165, 1.54) is 35.6 Å². The molecule has 4 rings (SSSR count). The predicted octanol–water partition coefficient (Wildman–Crippen LogP) is 5.35. The Kier molecular flexibility index (Phi) is 6.36. The summed E-state index contributed by atoms with van der Waals surface area (Å²) in [5, 5.41) is 1.01. The van der Waals surface area contributed by atoms with Crippen molar-refractivity contribution >= 4 is 54.0 Å². The standard InChI is InChI=1S/C23H19ClN2O3S2/c24-18-10-12-19(13-11-18)31(28,29)15-14-22(27)26(16-17-6-2-1-3-7-17)23-25-20-8-4-5-9-21(20)30-23/h1-13H,14-16H2. The number of anilines is 1. The molecule has 158 valence electrons. The molecule has 3 aromatic carbocycles. The molecule has 5 nitrogen and oxygen atoms in total. The molecule has 0 aliphatic rings. The number of hydrogen-bond acceptors (Lipinski definition) is 5. The molecule has 0 saturated carbocycles. The fourth-order valence-corrected chi connectivity index (χ4v) is 5.46. The fraction of sp³-hybridized carbons (Fsp3) is 0.130. The van der Waals surface area contributed by atoms with E-state index >= 15 is 0 Å². The van der Waals surface area contributed by atoms with Gasteiger partial charge in [0.2, 0.25) is 5.91 Å². The van der Waals surface area contributed by atoms with Crippen molar-refractivity contribution in [3.05, 3.63) is 89.4 Å². The van der Waals surface area contributed by atoms with Gasteiger partial charge in [0, 0.05) is 11.4 Å². The quantitative estimate of drug-likeness (QED) is 0.365. The van der Waals surface area contributed by atoms with Crippen molar-refractivity contribution in [3.8, 4) is 0 Å². The maximum Gasteiger partial charge on any atom is 0.230 e. The Morgan fingerprint density at radius 1 is 0.935 bits per heavy atom. The average molecular weight is 471 g/mol. The summed E-state index contributed by atoms with van der Waals surface area (Å²) < 4.78 is 26.3. The number of carbonyl (C=O) groups excluding carboxylic acids is 1. The number of sulfone groups is 1. The number of aromatic nitrogens is 1. The van der Waals surface area contributed by atoms with Crippen LogP contribution < -0.4 is 4.90 Å². The highest BCUT2D eigenvalue weighted by molar-refractivity contribution is 7.91. The van der Waals surface area contributed by atoms with E-state index in [1.54, 1.807) is 4.90 Å². The summed E-state index contributed by atoms with van der Waals surface area (Å²) in [7, 11) is -3.61. The number of para-hydroxylation sites is 1. The van der Waals surface area contributed by atoms with Crippen LogP contribution in [0.2, 0.25) is 5.02 Å². The SMILES string of the molecule is O=C(CCS(=O)(=O)c1ccc(Cl)cc1)N(Cc1ccccc1)c1nc2ccccc2s1. The molecular weight excluding hydrogens is 452 g/mol. The minimum Gasteiger partial charge on any atom is -0.284 e. The summed E-state index contributed by atoms with van der Waals surface area (Å²) in [5.41, 5.74) is 1.75. The highest BCUT2D eigenvalue weighted by Gasteiger charge is 2.23. The average Bonchev–Trinajstić information content (AvgIpc) is 3.21. The minimum atomic E-state index is -3.61. The second kappa shape index (κ2) is 9.18. The summed E-state index contributed by atoms with van der Waals surface area (Å²) in [6, 6.07) is 23.2. The monoisotopic (exact) mass is 470 g/mol. The number of amides is 1. The second-order valence-corrected chi connectivity index (χ2v) is 10.5. The summed E-state index contributed by atoms with van der Waals surface area (Å²) in [4.78, 5) is 19.5. The number of carbonyl (C=O) groups is 1. The molecule has 4 aromatic rings. The van der Waals surface area contributed by atoms with Crippen molar-refractivity contribution < 1.29 is 13.2 Å². The first kappa shape index (κ1) is 21.5. The normalized spacial score (nSPS) is 11.5. The largest absolute Gasteiger partial charge is 0.284 e. The molecule has 0 aliphatic heterocycles. The van der Waals surface area contributed by atoms with Crippen LogP contribution in [-0.2, 0) is 21.2 Å². The number of nitrogens with zero attached hydrogens (tertiary/aromatic N) is 2. The zero-order chi connectivity index (χ0) is 21.8. The van der Waals surface area contributed by atoms with Crippen LogP contribution in [0.5, 0.6) is 0 Å². The highest BCUT2D eigenvalue weighted by atomic mass is 35.5. The van der Waals surface area contributed by atoms with E-state index in [-0.39, 0.29) is 23.0 Å². The molecule has 0 bridgehead atoms. The number of fused-ring (bicyclic) bond motifs is 1. The third kappa shape index (κ3) is 5.12. The molecule has 0 unspecified atom stereocenters. The Balaban J connectivity index is 1.58. The van der Waals surface area contributed by atoms with Crippen LogP contribution in [0.4, 0.5) is 5.13 Å². The van der Waals surface area contributed by atoms with Gasteiger partial charge in [-0.2, -0.15) is 0 Å². The van der Waals surface area contributed by atoms with E-state index in [2.05, 4.69) is 4.98 Å². The van der Waals surface area contributed by atoms with E-state index in [0.717, 1.165) is 15.8 Å². The van der Waals surface area contributed by atoms with Gasteiger partial charge in [0.1, 0.15) is 0 Å². The first-order valence-electron chi connectivity index (χ1n) is 9.60. The molecular formula is C23H19ClN2O3S2. The first-order valence-corrected chi connectivity index (χ1v) is 12.5. The van der Waals surface area contributed by atoms with Gasteiger partial charge in [0.05, 0.1) is 27.4 Å². The molecule has 0 radical (unpaired) electrons. The summed E-state index contributed by atoms with van der Waals surface area (Å²) in [6.45, 7) is 0.320. The Morgan fingerprint density at radius 3 is 2.32 bits per heavy atom. The van der Waals surface area contributed by atoms with Crippen molar-refractivity contribution in [2.24, 2.45) is 0 Å². The lowest BCUT2D eigenvalue weighted by Gasteiger charge is -2.20. The van der Waals surface area contributed by atoms with Crippen molar-refractivity contribution in [2.75, 3.05) is 10.7 Å². The van der Waals surface area contributed by atoms with Gasteiger partial charge in [0.15, 0.2) is 15.0 Å². The number of benzene rings is 3. The number of hydrogen-bond donors (Lipinski definition) is 0. The van der Waals surface area contributed by atoms with Crippen LogP contribution in [0, 0.1) is 0 Å². The summed E-state index contributed by atoms with van der Waals surface area (Å²) in [6.07, 6.45) is -0.145. The number of thiazole rings is 1. The maximum absolute atomic E-state index is 13.2. The topological polar surface area (TPSA) is 67.3 Å². The van der Waals surface area contributed by atoms with Gasteiger partial charge in [-0.25, -0.2) is 13.4 Å². The molecule has 8 heteroatoms. The van der Waals surface area contributed by atoms with Gasteiger partial charge in [-0.15, -0.1) is 0 Å². The van der Waals surface area contributed by atoms with Crippen molar-refractivity contribution in [1.29, 1.82) is 0 Å². The highest BCUT2D eigenvalue weighted by Crippen LogP contribution is 2.30. The predicted molar refractivity (Wildman–Crippen MR) is 125 cm³/mol. The zero-order valence-corrected chi connectivity index (χ0v) is 18.8. The van der Waals surface area contributed by atoms with Crippen molar-refractivity contribution in [1.82, 2.24) is 4.98 Å². The molecule has 0 aliphatic carbocycles. The smallest absolute Gasteiger partial charge is 0.230 e. The van der Waals surface area contributed by atoms with E-state index in [4.69, 9.17) is 11.6 Å². The lowest BCUT2D eigenvalue weighted by Crippen LogP contribution is -2.31. The van der Waals surface area contributed by atoms with E-state index in [0.29, 0.717) is 16.7 Å². The van der Waals surface area contributed by atoms with Crippen molar-refractivity contribution in [3.63, 3.8) is 0 Å².